The number of aromatic nitrogens is 3. The van der Waals surface area contributed by atoms with Gasteiger partial charge in [-0.3, -0.25) is 9.89 Å². The Bertz CT molecular complexity index is 298. The van der Waals surface area contributed by atoms with Crippen LogP contribution in [0.25, 0.3) is 0 Å². The lowest BCUT2D eigenvalue weighted by molar-refractivity contribution is -0.149. The molecule has 5 nitrogen and oxygen atoms in total. The highest BCUT2D eigenvalue weighted by Crippen LogP contribution is 2.26. The van der Waals surface area contributed by atoms with E-state index in [9.17, 15) is 4.79 Å². The molecule has 0 aromatic carbocycles. The summed E-state index contributed by atoms with van der Waals surface area (Å²) in [5.41, 5.74) is -0.508. The molecule has 0 saturated heterocycles. The van der Waals surface area contributed by atoms with E-state index in [1.165, 1.54) is 25.2 Å². The summed E-state index contributed by atoms with van der Waals surface area (Å²) in [6.07, 6.45) is 1.44. The second-order valence-electron chi connectivity index (χ2n) is 3.45. The number of carbonyl (C=O) groups is 1. The first-order valence-electron chi connectivity index (χ1n) is 4.13. The molecule has 0 amide bonds. The zero-order valence-corrected chi connectivity index (χ0v) is 9.22. The van der Waals surface area contributed by atoms with Gasteiger partial charge in [0.05, 0.1) is 12.5 Å². The molecule has 78 valence electrons. The predicted octanol–water partition coefficient (Wildman–Crippen LogP) is 1.10. The van der Waals surface area contributed by atoms with Crippen LogP contribution >= 0.6 is 11.8 Å². The summed E-state index contributed by atoms with van der Waals surface area (Å²) in [5, 5.41) is 7.14. The normalized spacial score (nSPS) is 11.4. The van der Waals surface area contributed by atoms with E-state index < -0.39 is 5.41 Å². The van der Waals surface area contributed by atoms with Gasteiger partial charge < -0.3 is 4.74 Å². The maximum atomic E-state index is 11.3. The van der Waals surface area contributed by atoms with E-state index in [2.05, 4.69) is 19.9 Å². The van der Waals surface area contributed by atoms with Crippen LogP contribution in [-0.2, 0) is 9.53 Å². The highest BCUT2D eigenvalue weighted by atomic mass is 32.2. The van der Waals surface area contributed by atoms with Gasteiger partial charge >= 0.3 is 5.97 Å². The Hall–Kier alpha value is -1.04. The minimum Gasteiger partial charge on any atom is -0.469 e. The Kier molecular flexibility index (Phi) is 3.51. The summed E-state index contributed by atoms with van der Waals surface area (Å²) in [6.45, 7) is 3.67. The monoisotopic (exact) mass is 215 g/mol. The second-order valence-corrected chi connectivity index (χ2v) is 4.42. The number of carbonyl (C=O) groups excluding carboxylic acids is 1. The van der Waals surface area contributed by atoms with E-state index in [0.29, 0.717) is 10.9 Å². The lowest BCUT2D eigenvalue weighted by Crippen LogP contribution is -2.28. The number of nitrogens with one attached hydrogen (secondary N) is 1. The van der Waals surface area contributed by atoms with Crippen molar-refractivity contribution in [3.05, 3.63) is 6.33 Å². The number of aromatic amines is 1. The molecule has 0 radical (unpaired) electrons. The smallest absolute Gasteiger partial charge is 0.312 e. The van der Waals surface area contributed by atoms with E-state index in [1.807, 2.05) is 13.8 Å². The maximum Gasteiger partial charge on any atom is 0.312 e. The lowest BCUT2D eigenvalue weighted by Gasteiger charge is -2.19. The number of H-pyrrole nitrogens is 1. The van der Waals surface area contributed by atoms with Crippen molar-refractivity contribution in [3.63, 3.8) is 0 Å². The van der Waals surface area contributed by atoms with Gasteiger partial charge in [-0.25, -0.2) is 4.98 Å². The van der Waals surface area contributed by atoms with E-state index in [4.69, 9.17) is 0 Å². The molecular formula is C8H13N3O2S. The van der Waals surface area contributed by atoms with Gasteiger partial charge in [0.1, 0.15) is 6.33 Å². The number of methoxy groups -OCH3 is 1. The lowest BCUT2D eigenvalue weighted by atomic mass is 9.97. The summed E-state index contributed by atoms with van der Waals surface area (Å²) in [5.74, 6) is 0.388. The predicted molar refractivity (Wildman–Crippen MR) is 52.9 cm³/mol. The van der Waals surface area contributed by atoms with Crippen molar-refractivity contribution in [1.29, 1.82) is 0 Å². The average molecular weight is 215 g/mol. The summed E-state index contributed by atoms with van der Waals surface area (Å²) in [4.78, 5) is 15.3. The molecule has 0 saturated carbocycles. The summed E-state index contributed by atoms with van der Waals surface area (Å²) < 4.78 is 4.69. The van der Waals surface area contributed by atoms with Gasteiger partial charge in [0.25, 0.3) is 0 Å². The maximum absolute atomic E-state index is 11.3. The van der Waals surface area contributed by atoms with E-state index in [1.54, 1.807) is 0 Å². The van der Waals surface area contributed by atoms with Gasteiger partial charge in [0, 0.05) is 5.75 Å². The van der Waals surface area contributed by atoms with Crippen LogP contribution < -0.4 is 0 Å². The average Bonchev–Trinajstić information content (AvgIpc) is 2.66. The Morgan fingerprint density at radius 1 is 1.71 bits per heavy atom. The van der Waals surface area contributed by atoms with Gasteiger partial charge in [0.2, 0.25) is 0 Å². The largest absolute Gasteiger partial charge is 0.469 e. The van der Waals surface area contributed by atoms with Crippen LogP contribution in [0, 0.1) is 5.41 Å². The molecule has 0 fully saturated rings. The summed E-state index contributed by atoms with van der Waals surface area (Å²) >= 11 is 1.45. The van der Waals surface area contributed by atoms with Crippen LogP contribution in [0.2, 0.25) is 0 Å². The van der Waals surface area contributed by atoms with Crippen LogP contribution in [0.4, 0.5) is 0 Å². The first-order valence-corrected chi connectivity index (χ1v) is 5.11. The zero-order chi connectivity index (χ0) is 10.6. The molecule has 1 aromatic rings. The highest BCUT2D eigenvalue weighted by Gasteiger charge is 2.29. The van der Waals surface area contributed by atoms with E-state index >= 15 is 0 Å². The van der Waals surface area contributed by atoms with Crippen molar-refractivity contribution >= 4 is 17.7 Å². The third-order valence-corrected chi connectivity index (χ3v) is 3.04. The Morgan fingerprint density at radius 2 is 2.43 bits per heavy atom. The number of thioether (sulfide) groups is 1. The SMILES string of the molecule is COC(=O)C(C)(C)CSc1ncn[nH]1. The molecule has 1 aromatic heterocycles. The van der Waals surface area contributed by atoms with Crippen LogP contribution in [0.3, 0.4) is 0 Å². The second kappa shape index (κ2) is 4.45. The van der Waals surface area contributed by atoms with Crippen molar-refractivity contribution in [2.45, 2.75) is 19.0 Å². The third-order valence-electron chi connectivity index (χ3n) is 1.70. The highest BCUT2D eigenvalue weighted by molar-refractivity contribution is 7.99. The van der Waals surface area contributed by atoms with Crippen LogP contribution in [0.5, 0.6) is 0 Å². The van der Waals surface area contributed by atoms with E-state index in [0.717, 1.165) is 0 Å². The number of hydrogen-bond donors (Lipinski definition) is 1. The van der Waals surface area contributed by atoms with Gasteiger partial charge in [0.15, 0.2) is 5.16 Å². The standard InChI is InChI=1S/C8H13N3O2S/c1-8(2,6(12)13-3)4-14-7-9-5-10-11-7/h5H,4H2,1-3H3,(H,9,10,11). The Labute approximate surface area is 86.6 Å². The van der Waals surface area contributed by atoms with Gasteiger partial charge in [-0.2, -0.15) is 5.10 Å². The molecule has 1 N–H and O–H groups in total. The van der Waals surface area contributed by atoms with Crippen LogP contribution in [0.1, 0.15) is 13.8 Å². The minimum atomic E-state index is -0.508. The number of ether oxygens (including phenoxy) is 1. The quantitative estimate of drug-likeness (QED) is 0.601. The number of nitrogens with zero attached hydrogens (tertiary/aromatic N) is 2. The van der Waals surface area contributed by atoms with Crippen molar-refractivity contribution in [2.24, 2.45) is 5.41 Å². The molecule has 0 spiro atoms. The Balaban J connectivity index is 2.48. The molecule has 0 unspecified atom stereocenters. The third kappa shape index (κ3) is 2.73. The fraction of sp³-hybridized carbons (Fsp3) is 0.625. The Morgan fingerprint density at radius 3 is 2.93 bits per heavy atom. The van der Waals surface area contributed by atoms with Gasteiger partial charge in [-0.05, 0) is 13.8 Å². The first-order chi connectivity index (χ1) is 6.56. The topological polar surface area (TPSA) is 67.9 Å². The van der Waals surface area contributed by atoms with Crippen molar-refractivity contribution in [2.75, 3.05) is 12.9 Å². The van der Waals surface area contributed by atoms with Gasteiger partial charge in [-0.15, -0.1) is 0 Å². The molecule has 0 atom stereocenters. The fourth-order valence-corrected chi connectivity index (χ4v) is 1.70. The van der Waals surface area contributed by atoms with E-state index in [-0.39, 0.29) is 5.97 Å². The van der Waals surface area contributed by atoms with Crippen molar-refractivity contribution in [1.82, 2.24) is 15.2 Å². The van der Waals surface area contributed by atoms with Crippen LogP contribution in [0.15, 0.2) is 11.5 Å². The van der Waals surface area contributed by atoms with Crippen molar-refractivity contribution < 1.29 is 9.53 Å². The number of rotatable bonds is 4. The molecule has 1 heterocycles. The summed E-state index contributed by atoms with van der Waals surface area (Å²) in [6, 6.07) is 0. The molecule has 0 aliphatic carbocycles. The molecule has 6 heteroatoms. The van der Waals surface area contributed by atoms with Gasteiger partial charge in [-0.1, -0.05) is 11.8 Å². The summed E-state index contributed by atoms with van der Waals surface area (Å²) in [7, 11) is 1.39. The zero-order valence-electron chi connectivity index (χ0n) is 8.40. The molecule has 0 aliphatic heterocycles. The molecule has 1 rings (SSSR count). The van der Waals surface area contributed by atoms with Crippen LogP contribution in [-0.4, -0.2) is 34.0 Å². The molecular weight excluding hydrogens is 202 g/mol. The number of hydrogen-bond acceptors (Lipinski definition) is 5. The minimum absolute atomic E-state index is 0.218. The molecule has 0 bridgehead atoms. The number of esters is 1. The first kappa shape index (κ1) is 11.0. The molecule has 14 heavy (non-hydrogen) atoms. The van der Waals surface area contributed by atoms with Crippen molar-refractivity contribution in [3.8, 4) is 0 Å². The molecule has 0 aliphatic rings. The fourth-order valence-electron chi connectivity index (χ4n) is 0.848.